The number of unbranched alkanes of at least 4 members (excludes halogenated alkanes) is 1. The Balaban J connectivity index is 2.93. The quantitative estimate of drug-likeness (QED) is 0.843. The maximum absolute atomic E-state index is 12.5. The molecular weight excluding hydrogens is 293 g/mol. The summed E-state index contributed by atoms with van der Waals surface area (Å²) in [5, 5.41) is 0.151. The third-order valence-corrected chi connectivity index (χ3v) is 3.01. The fourth-order valence-corrected chi connectivity index (χ4v) is 1.84. The molecule has 0 unspecified atom stereocenters. The summed E-state index contributed by atoms with van der Waals surface area (Å²) in [6.45, 7) is 0.626. The number of alkyl halides is 3. The van der Waals surface area contributed by atoms with Crippen LogP contribution in [0.25, 0.3) is 0 Å². The molecule has 0 saturated heterocycles. The summed E-state index contributed by atoms with van der Waals surface area (Å²) in [5.74, 6) is -0.697. The van der Waals surface area contributed by atoms with Gasteiger partial charge in [-0.3, -0.25) is 4.79 Å². The largest absolute Gasteiger partial charge is 0.406 e. The minimum atomic E-state index is -4.43. The lowest BCUT2D eigenvalue weighted by molar-refractivity contribution is -0.140. The lowest BCUT2D eigenvalue weighted by Gasteiger charge is -2.24. The van der Waals surface area contributed by atoms with E-state index in [1.165, 1.54) is 18.2 Å². The van der Waals surface area contributed by atoms with E-state index in [4.69, 9.17) is 17.3 Å². The van der Waals surface area contributed by atoms with Gasteiger partial charge in [0.1, 0.15) is 6.54 Å². The van der Waals surface area contributed by atoms with Gasteiger partial charge in [0.25, 0.3) is 5.91 Å². The van der Waals surface area contributed by atoms with Crippen LogP contribution in [0.4, 0.5) is 18.9 Å². The van der Waals surface area contributed by atoms with Crippen LogP contribution in [0.1, 0.15) is 30.1 Å². The van der Waals surface area contributed by atoms with E-state index in [0.717, 1.165) is 4.90 Å². The molecule has 1 amide bonds. The zero-order chi connectivity index (χ0) is 15.3. The molecule has 0 bridgehead atoms. The predicted octanol–water partition coefficient (Wildman–Crippen LogP) is 3.73. The van der Waals surface area contributed by atoms with E-state index in [0.29, 0.717) is 12.8 Å². The normalized spacial score (nSPS) is 11.4. The Morgan fingerprint density at radius 3 is 2.55 bits per heavy atom. The molecule has 2 N–H and O–H groups in total. The summed E-state index contributed by atoms with van der Waals surface area (Å²) in [7, 11) is 0. The van der Waals surface area contributed by atoms with Crippen molar-refractivity contribution >= 4 is 23.2 Å². The first-order chi connectivity index (χ1) is 9.24. The number of anilines is 1. The highest BCUT2D eigenvalue weighted by atomic mass is 35.5. The minimum Gasteiger partial charge on any atom is -0.398 e. The van der Waals surface area contributed by atoms with E-state index in [-0.39, 0.29) is 22.8 Å². The highest BCUT2D eigenvalue weighted by Crippen LogP contribution is 2.23. The first-order valence-corrected chi connectivity index (χ1v) is 6.53. The van der Waals surface area contributed by atoms with Crippen LogP contribution in [0.5, 0.6) is 0 Å². The van der Waals surface area contributed by atoms with Crippen molar-refractivity contribution in [3.05, 3.63) is 28.8 Å². The van der Waals surface area contributed by atoms with Crippen molar-refractivity contribution in [2.45, 2.75) is 25.9 Å². The Morgan fingerprint density at radius 1 is 1.40 bits per heavy atom. The van der Waals surface area contributed by atoms with Crippen LogP contribution in [0, 0.1) is 0 Å². The molecule has 7 heteroatoms. The number of nitrogens with zero attached hydrogens (tertiary/aromatic N) is 1. The smallest absolute Gasteiger partial charge is 0.398 e. The van der Waals surface area contributed by atoms with E-state index in [1.807, 2.05) is 6.92 Å². The molecule has 0 saturated carbocycles. The van der Waals surface area contributed by atoms with Gasteiger partial charge in [0.15, 0.2) is 0 Å². The van der Waals surface area contributed by atoms with Crippen LogP contribution in [0.3, 0.4) is 0 Å². The molecule has 0 aliphatic carbocycles. The third-order valence-electron chi connectivity index (χ3n) is 2.69. The first-order valence-electron chi connectivity index (χ1n) is 6.15. The van der Waals surface area contributed by atoms with Gasteiger partial charge in [-0.1, -0.05) is 24.9 Å². The molecule has 0 aliphatic heterocycles. The molecular formula is C13H16ClF3N2O. The maximum atomic E-state index is 12.5. The summed E-state index contributed by atoms with van der Waals surface area (Å²) in [6.07, 6.45) is -3.23. The van der Waals surface area contributed by atoms with Gasteiger partial charge < -0.3 is 10.6 Å². The van der Waals surface area contributed by atoms with Gasteiger partial charge in [-0.05, 0) is 24.6 Å². The Hall–Kier alpha value is -1.43. The molecule has 0 spiro atoms. The number of benzene rings is 1. The number of halogens is 4. The maximum Gasteiger partial charge on any atom is 0.406 e. The number of hydrogen-bond donors (Lipinski definition) is 1. The van der Waals surface area contributed by atoms with E-state index in [1.54, 1.807) is 0 Å². The molecule has 0 aromatic heterocycles. The van der Waals surface area contributed by atoms with E-state index >= 15 is 0 Å². The average molecular weight is 309 g/mol. The molecule has 3 nitrogen and oxygen atoms in total. The SMILES string of the molecule is CCCCN(CC(F)(F)F)C(=O)c1ccc(N)c(Cl)c1. The van der Waals surface area contributed by atoms with Crippen molar-refractivity contribution < 1.29 is 18.0 Å². The van der Waals surface area contributed by atoms with Crippen LogP contribution >= 0.6 is 11.6 Å². The van der Waals surface area contributed by atoms with Gasteiger partial charge >= 0.3 is 6.18 Å². The standard InChI is InChI=1S/C13H16ClF3N2O/c1-2-3-6-19(8-13(15,16)17)12(20)9-4-5-11(18)10(14)7-9/h4-5,7H,2-3,6,8,18H2,1H3. The van der Waals surface area contributed by atoms with Crippen LogP contribution in [0.2, 0.25) is 5.02 Å². The van der Waals surface area contributed by atoms with Crippen molar-refractivity contribution in [3.8, 4) is 0 Å². The second kappa shape index (κ2) is 6.83. The summed E-state index contributed by atoms with van der Waals surface area (Å²) in [6, 6.07) is 4.06. The van der Waals surface area contributed by atoms with E-state index in [2.05, 4.69) is 0 Å². The summed E-state index contributed by atoms with van der Waals surface area (Å²) in [4.78, 5) is 12.9. The number of carbonyl (C=O) groups is 1. The number of nitrogens with two attached hydrogens (primary N) is 1. The average Bonchev–Trinajstić information content (AvgIpc) is 2.35. The van der Waals surface area contributed by atoms with Gasteiger partial charge in [-0.25, -0.2) is 0 Å². The number of amides is 1. The van der Waals surface area contributed by atoms with Crippen molar-refractivity contribution in [1.82, 2.24) is 4.90 Å². The Kier molecular flexibility index (Phi) is 5.68. The topological polar surface area (TPSA) is 46.3 Å². The molecule has 112 valence electrons. The molecule has 1 rings (SSSR count). The van der Waals surface area contributed by atoms with Crippen LogP contribution in [-0.2, 0) is 0 Å². The Bertz CT molecular complexity index is 477. The number of hydrogen-bond acceptors (Lipinski definition) is 2. The molecule has 1 aromatic carbocycles. The van der Waals surface area contributed by atoms with Crippen molar-refractivity contribution in [3.63, 3.8) is 0 Å². The zero-order valence-corrected chi connectivity index (χ0v) is 11.8. The second-order valence-electron chi connectivity index (χ2n) is 4.43. The lowest BCUT2D eigenvalue weighted by atomic mass is 10.1. The molecule has 0 fully saturated rings. The molecule has 0 aliphatic rings. The second-order valence-corrected chi connectivity index (χ2v) is 4.84. The lowest BCUT2D eigenvalue weighted by Crippen LogP contribution is -2.39. The molecule has 20 heavy (non-hydrogen) atoms. The number of nitrogen functional groups attached to an aromatic ring is 1. The Labute approximate surface area is 120 Å². The molecule has 0 atom stereocenters. The third kappa shape index (κ3) is 4.92. The van der Waals surface area contributed by atoms with Crippen LogP contribution < -0.4 is 5.73 Å². The van der Waals surface area contributed by atoms with Gasteiger partial charge in [0, 0.05) is 12.1 Å². The zero-order valence-electron chi connectivity index (χ0n) is 11.0. The van der Waals surface area contributed by atoms with Crippen molar-refractivity contribution in [1.29, 1.82) is 0 Å². The van der Waals surface area contributed by atoms with Crippen LogP contribution in [0.15, 0.2) is 18.2 Å². The van der Waals surface area contributed by atoms with Crippen molar-refractivity contribution in [2.24, 2.45) is 0 Å². The predicted molar refractivity (Wildman–Crippen MR) is 72.7 cm³/mol. The summed E-state index contributed by atoms with van der Waals surface area (Å²) >= 11 is 5.78. The van der Waals surface area contributed by atoms with Crippen molar-refractivity contribution in [2.75, 3.05) is 18.8 Å². The number of rotatable bonds is 5. The monoisotopic (exact) mass is 308 g/mol. The fourth-order valence-electron chi connectivity index (χ4n) is 1.66. The fraction of sp³-hybridized carbons (Fsp3) is 0.462. The van der Waals surface area contributed by atoms with Gasteiger partial charge in [-0.15, -0.1) is 0 Å². The number of carbonyl (C=O) groups excluding carboxylic acids is 1. The van der Waals surface area contributed by atoms with E-state index < -0.39 is 18.6 Å². The molecule has 0 radical (unpaired) electrons. The highest BCUT2D eigenvalue weighted by molar-refractivity contribution is 6.33. The Morgan fingerprint density at radius 2 is 2.05 bits per heavy atom. The highest BCUT2D eigenvalue weighted by Gasteiger charge is 2.33. The van der Waals surface area contributed by atoms with E-state index in [9.17, 15) is 18.0 Å². The molecule has 1 aromatic rings. The van der Waals surface area contributed by atoms with Gasteiger partial charge in [-0.2, -0.15) is 13.2 Å². The summed E-state index contributed by atoms with van der Waals surface area (Å²) < 4.78 is 37.5. The summed E-state index contributed by atoms with van der Waals surface area (Å²) in [5.41, 5.74) is 5.89. The minimum absolute atomic E-state index is 0.0524. The van der Waals surface area contributed by atoms with Gasteiger partial charge in [0.2, 0.25) is 0 Å². The van der Waals surface area contributed by atoms with Crippen LogP contribution in [-0.4, -0.2) is 30.1 Å². The first kappa shape index (κ1) is 16.6. The molecule has 0 heterocycles. The van der Waals surface area contributed by atoms with Gasteiger partial charge in [0.05, 0.1) is 10.7 Å².